The van der Waals surface area contributed by atoms with Gasteiger partial charge in [-0.25, -0.2) is 0 Å². The van der Waals surface area contributed by atoms with E-state index in [0.717, 1.165) is 16.6 Å². The van der Waals surface area contributed by atoms with Gasteiger partial charge in [-0.3, -0.25) is 4.98 Å². The van der Waals surface area contributed by atoms with Crippen LogP contribution in [0.4, 0.5) is 17.6 Å². The van der Waals surface area contributed by atoms with Crippen LogP contribution in [0.5, 0.6) is 0 Å². The van der Waals surface area contributed by atoms with Gasteiger partial charge in [0.1, 0.15) is 0 Å². The molecule has 1 N–H and O–H groups in total. The average molecular weight is 301 g/mol. The minimum Gasteiger partial charge on any atom is -0.347 e. The first-order valence-corrected chi connectivity index (χ1v) is 6.71. The molecule has 6 nitrogen and oxygen atoms in total. The van der Waals surface area contributed by atoms with Gasteiger partial charge in [0.2, 0.25) is 17.2 Å². The number of rotatable bonds is 3. The second kappa shape index (κ2) is 5.49. The first-order valence-electron chi connectivity index (χ1n) is 6.33. The van der Waals surface area contributed by atoms with Crippen LogP contribution in [-0.4, -0.2) is 34.0 Å². The lowest BCUT2D eigenvalue weighted by Crippen LogP contribution is -2.14. The summed E-state index contributed by atoms with van der Waals surface area (Å²) >= 11 is 5.93. The SMILES string of the molecule is CN(C)c1nc(Cl)nc(Nc2cccc3cccnc23)n1. The van der Waals surface area contributed by atoms with Crippen molar-refractivity contribution in [2.24, 2.45) is 0 Å². The molecule has 0 aliphatic rings. The van der Waals surface area contributed by atoms with E-state index in [9.17, 15) is 0 Å². The summed E-state index contributed by atoms with van der Waals surface area (Å²) in [4.78, 5) is 18.6. The maximum atomic E-state index is 5.93. The van der Waals surface area contributed by atoms with Gasteiger partial charge in [-0.15, -0.1) is 0 Å². The lowest BCUT2D eigenvalue weighted by atomic mass is 10.2. The largest absolute Gasteiger partial charge is 0.347 e. The fraction of sp³-hybridized carbons (Fsp3) is 0.143. The average Bonchev–Trinajstić information content (AvgIpc) is 2.47. The van der Waals surface area contributed by atoms with Crippen molar-refractivity contribution in [3.63, 3.8) is 0 Å². The number of nitrogens with zero attached hydrogens (tertiary/aromatic N) is 5. The third-order valence-corrected chi connectivity index (χ3v) is 3.04. The molecule has 7 heteroatoms. The maximum Gasteiger partial charge on any atom is 0.233 e. The lowest BCUT2D eigenvalue weighted by Gasteiger charge is -2.12. The molecule has 0 aliphatic carbocycles. The zero-order valence-electron chi connectivity index (χ0n) is 11.6. The van der Waals surface area contributed by atoms with Crippen molar-refractivity contribution in [2.45, 2.75) is 0 Å². The minimum atomic E-state index is 0.143. The molecule has 2 heterocycles. The van der Waals surface area contributed by atoms with Crippen molar-refractivity contribution in [1.82, 2.24) is 19.9 Å². The Hall–Kier alpha value is -2.47. The number of halogens is 1. The van der Waals surface area contributed by atoms with Crippen molar-refractivity contribution in [1.29, 1.82) is 0 Å². The number of hydrogen-bond donors (Lipinski definition) is 1. The standard InChI is InChI=1S/C14H13ClN6/c1-21(2)14-19-12(15)18-13(20-14)17-10-7-3-5-9-6-4-8-16-11(9)10/h3-8H,1-2H3,(H,17,18,19,20). The van der Waals surface area contributed by atoms with Gasteiger partial charge in [-0.05, 0) is 23.7 Å². The molecule has 0 unspecified atom stereocenters. The van der Waals surface area contributed by atoms with Crippen LogP contribution >= 0.6 is 11.6 Å². The zero-order valence-corrected chi connectivity index (χ0v) is 12.3. The number of para-hydroxylation sites is 1. The van der Waals surface area contributed by atoms with Gasteiger partial charge in [0.05, 0.1) is 11.2 Å². The van der Waals surface area contributed by atoms with E-state index in [-0.39, 0.29) is 5.28 Å². The Balaban J connectivity index is 2.03. The number of pyridine rings is 1. The van der Waals surface area contributed by atoms with Gasteiger partial charge >= 0.3 is 0 Å². The van der Waals surface area contributed by atoms with Crippen LogP contribution in [0, 0.1) is 0 Å². The van der Waals surface area contributed by atoms with E-state index in [0.29, 0.717) is 11.9 Å². The Morgan fingerprint density at radius 2 is 1.86 bits per heavy atom. The van der Waals surface area contributed by atoms with E-state index in [1.54, 1.807) is 11.1 Å². The molecule has 0 bridgehead atoms. The van der Waals surface area contributed by atoms with E-state index in [1.807, 2.05) is 44.4 Å². The number of nitrogens with one attached hydrogen (secondary N) is 1. The second-order valence-electron chi connectivity index (χ2n) is 4.63. The normalized spacial score (nSPS) is 10.6. The molecule has 0 saturated heterocycles. The van der Waals surface area contributed by atoms with Crippen LogP contribution in [0.25, 0.3) is 10.9 Å². The molecule has 0 amide bonds. The molecule has 0 spiro atoms. The van der Waals surface area contributed by atoms with Crippen molar-refractivity contribution in [2.75, 3.05) is 24.3 Å². The lowest BCUT2D eigenvalue weighted by molar-refractivity contribution is 0.961. The number of fused-ring (bicyclic) bond motifs is 1. The predicted octanol–water partition coefficient (Wildman–Crippen LogP) is 2.88. The number of hydrogen-bond acceptors (Lipinski definition) is 6. The molecule has 1 aromatic carbocycles. The van der Waals surface area contributed by atoms with Crippen molar-refractivity contribution < 1.29 is 0 Å². The Kier molecular flexibility index (Phi) is 3.53. The topological polar surface area (TPSA) is 66.8 Å². The van der Waals surface area contributed by atoms with Crippen LogP contribution in [0.3, 0.4) is 0 Å². The summed E-state index contributed by atoms with van der Waals surface area (Å²) in [5.74, 6) is 0.877. The zero-order chi connectivity index (χ0) is 14.8. The number of benzene rings is 1. The van der Waals surface area contributed by atoms with Gasteiger partial charge < -0.3 is 10.2 Å². The van der Waals surface area contributed by atoms with Gasteiger partial charge in [0.15, 0.2) is 0 Å². The summed E-state index contributed by atoms with van der Waals surface area (Å²) in [7, 11) is 3.68. The molecule has 3 rings (SSSR count). The van der Waals surface area contributed by atoms with Crippen molar-refractivity contribution >= 4 is 40.1 Å². The smallest absolute Gasteiger partial charge is 0.233 e. The highest BCUT2D eigenvalue weighted by Gasteiger charge is 2.08. The van der Waals surface area contributed by atoms with Gasteiger partial charge in [0.25, 0.3) is 0 Å². The van der Waals surface area contributed by atoms with Crippen LogP contribution in [-0.2, 0) is 0 Å². The monoisotopic (exact) mass is 300 g/mol. The highest BCUT2D eigenvalue weighted by molar-refractivity contribution is 6.28. The Morgan fingerprint density at radius 3 is 2.67 bits per heavy atom. The summed E-state index contributed by atoms with van der Waals surface area (Å²) in [5, 5.41) is 4.33. The first-order chi connectivity index (χ1) is 10.1. The van der Waals surface area contributed by atoms with Crippen LogP contribution in [0.1, 0.15) is 0 Å². The molecule has 0 saturated carbocycles. The summed E-state index contributed by atoms with van der Waals surface area (Å²) in [6.45, 7) is 0. The van der Waals surface area contributed by atoms with E-state index in [2.05, 4.69) is 25.3 Å². The highest BCUT2D eigenvalue weighted by Crippen LogP contribution is 2.24. The molecule has 2 aromatic heterocycles. The molecule has 0 aliphatic heterocycles. The van der Waals surface area contributed by atoms with Crippen LogP contribution < -0.4 is 10.2 Å². The Morgan fingerprint density at radius 1 is 1.05 bits per heavy atom. The number of aromatic nitrogens is 4. The molecule has 0 fully saturated rings. The quantitative estimate of drug-likeness (QED) is 0.802. The Labute approximate surface area is 126 Å². The minimum absolute atomic E-state index is 0.143. The summed E-state index contributed by atoms with van der Waals surface area (Å²) in [6.07, 6.45) is 1.75. The Bertz CT molecular complexity index is 784. The molecule has 0 atom stereocenters. The molecule has 0 radical (unpaired) electrons. The summed E-state index contributed by atoms with van der Waals surface area (Å²) < 4.78 is 0. The maximum absolute atomic E-state index is 5.93. The molecule has 3 aromatic rings. The van der Waals surface area contributed by atoms with Crippen LogP contribution in [0.2, 0.25) is 5.28 Å². The fourth-order valence-corrected chi connectivity index (χ4v) is 2.08. The second-order valence-corrected chi connectivity index (χ2v) is 4.97. The van der Waals surface area contributed by atoms with Gasteiger partial charge in [-0.2, -0.15) is 15.0 Å². The highest BCUT2D eigenvalue weighted by atomic mass is 35.5. The van der Waals surface area contributed by atoms with E-state index < -0.39 is 0 Å². The molecule has 106 valence electrons. The fourth-order valence-electron chi connectivity index (χ4n) is 1.92. The van der Waals surface area contributed by atoms with Crippen molar-refractivity contribution in [3.05, 3.63) is 41.8 Å². The van der Waals surface area contributed by atoms with Crippen LogP contribution in [0.15, 0.2) is 36.5 Å². The van der Waals surface area contributed by atoms with E-state index in [4.69, 9.17) is 11.6 Å². The first kappa shape index (κ1) is 13.5. The third-order valence-electron chi connectivity index (χ3n) is 2.88. The number of anilines is 3. The van der Waals surface area contributed by atoms with E-state index in [1.165, 1.54) is 0 Å². The summed E-state index contributed by atoms with van der Waals surface area (Å²) in [6, 6.07) is 9.76. The predicted molar refractivity (Wildman–Crippen MR) is 84.2 cm³/mol. The molecular formula is C14H13ClN6. The third kappa shape index (κ3) is 2.85. The summed E-state index contributed by atoms with van der Waals surface area (Å²) in [5.41, 5.74) is 1.67. The molecular weight excluding hydrogens is 288 g/mol. The van der Waals surface area contributed by atoms with Gasteiger partial charge in [-0.1, -0.05) is 18.2 Å². The van der Waals surface area contributed by atoms with Crippen molar-refractivity contribution in [3.8, 4) is 0 Å². The van der Waals surface area contributed by atoms with E-state index >= 15 is 0 Å². The molecule has 21 heavy (non-hydrogen) atoms. The van der Waals surface area contributed by atoms with Gasteiger partial charge in [0, 0.05) is 25.7 Å².